The molecular weight excluding hydrogens is 608 g/mol. The smallest absolute Gasteiger partial charge is 0.329 e. The van der Waals surface area contributed by atoms with Crippen LogP contribution in [0.2, 0.25) is 0 Å². The second-order valence-electron chi connectivity index (χ2n) is 9.97. The number of para-hydroxylation sites is 1. The molecule has 4 heterocycles. The van der Waals surface area contributed by atoms with Crippen molar-refractivity contribution in [2.45, 2.75) is 38.9 Å². The zero-order valence-electron chi connectivity index (χ0n) is 23.5. The largest absolute Gasteiger partial charge is 0.496 e. The monoisotopic (exact) mass is 640 g/mol. The summed E-state index contributed by atoms with van der Waals surface area (Å²) in [5, 5.41) is 0.546. The number of nitrogens with zero attached hydrogens (tertiary/aromatic N) is 4. The Hall–Kier alpha value is -3.25. The third-order valence-electron chi connectivity index (χ3n) is 7.43. The molecule has 0 aliphatic carbocycles. The summed E-state index contributed by atoms with van der Waals surface area (Å²) in [6, 6.07) is 9.33. The molecule has 216 valence electrons. The number of aldehydes is 1. The molecule has 1 aliphatic heterocycles. The molecule has 11 heteroatoms. The minimum absolute atomic E-state index is 0.0448. The van der Waals surface area contributed by atoms with Gasteiger partial charge in [-0.05, 0) is 65.9 Å². The molecule has 1 fully saturated rings. The predicted molar refractivity (Wildman–Crippen MR) is 164 cm³/mol. The number of thiophene rings is 1. The highest BCUT2D eigenvalue weighted by atomic mass is 79.9. The van der Waals surface area contributed by atoms with E-state index in [-0.39, 0.29) is 18.7 Å². The fourth-order valence-corrected chi connectivity index (χ4v) is 6.86. The Morgan fingerprint density at radius 2 is 2.00 bits per heavy atom. The van der Waals surface area contributed by atoms with Gasteiger partial charge in [-0.3, -0.25) is 14.6 Å². The molecule has 1 aliphatic rings. The number of imidazole rings is 1. The molecule has 0 radical (unpaired) electrons. The van der Waals surface area contributed by atoms with Crippen LogP contribution in [0.4, 0.5) is 15.5 Å². The summed E-state index contributed by atoms with van der Waals surface area (Å²) in [6.07, 6.45) is 7.21. The van der Waals surface area contributed by atoms with Crippen molar-refractivity contribution in [3.8, 4) is 5.75 Å². The molecule has 1 atom stereocenters. The minimum Gasteiger partial charge on any atom is -0.496 e. The number of rotatable bonds is 9. The average molecular weight is 642 g/mol. The zero-order valence-corrected chi connectivity index (χ0v) is 25.9. The second kappa shape index (κ2) is 12.7. The van der Waals surface area contributed by atoms with Gasteiger partial charge in [-0.2, -0.15) is 0 Å². The molecular formula is C30H33BrN4O5S. The Morgan fingerprint density at radius 3 is 2.73 bits per heavy atom. The molecule has 0 spiro atoms. The lowest BCUT2D eigenvalue weighted by Crippen LogP contribution is -2.45. The number of hydrogen-bond acceptors (Lipinski definition) is 7. The summed E-state index contributed by atoms with van der Waals surface area (Å²) < 4.78 is 20.7. The summed E-state index contributed by atoms with van der Waals surface area (Å²) in [7, 11) is 3.36. The number of carbonyl (C=O) groups is 2. The highest BCUT2D eigenvalue weighted by molar-refractivity contribution is 9.11. The SMILES string of the molecule is COc1ccccc1C(CN(C(=O)N(C)c1c(C)ccn2ccnc12)c1sc(Br)c(C)c1C=O)OC1CCOCC1. The van der Waals surface area contributed by atoms with E-state index in [9.17, 15) is 9.59 Å². The highest BCUT2D eigenvalue weighted by Gasteiger charge is 2.33. The normalized spacial score (nSPS) is 14.7. The van der Waals surface area contributed by atoms with E-state index < -0.39 is 6.10 Å². The van der Waals surface area contributed by atoms with Gasteiger partial charge in [-0.25, -0.2) is 9.78 Å². The second-order valence-corrected chi connectivity index (χ2v) is 12.3. The van der Waals surface area contributed by atoms with Crippen molar-refractivity contribution in [3.05, 3.63) is 75.0 Å². The first-order chi connectivity index (χ1) is 19.8. The van der Waals surface area contributed by atoms with E-state index >= 15 is 0 Å². The quantitative estimate of drug-likeness (QED) is 0.192. The van der Waals surface area contributed by atoms with Crippen LogP contribution in [0.25, 0.3) is 5.65 Å². The van der Waals surface area contributed by atoms with Crippen molar-refractivity contribution in [3.63, 3.8) is 0 Å². The molecule has 41 heavy (non-hydrogen) atoms. The van der Waals surface area contributed by atoms with Crippen molar-refractivity contribution in [1.82, 2.24) is 9.38 Å². The van der Waals surface area contributed by atoms with Crippen LogP contribution < -0.4 is 14.5 Å². The highest BCUT2D eigenvalue weighted by Crippen LogP contribution is 2.41. The Labute approximate surface area is 251 Å². The number of aromatic nitrogens is 2. The Balaban J connectivity index is 1.61. The predicted octanol–water partition coefficient (Wildman–Crippen LogP) is 6.60. The van der Waals surface area contributed by atoms with E-state index in [4.69, 9.17) is 14.2 Å². The average Bonchev–Trinajstić information content (AvgIpc) is 3.58. The standard InChI is InChI=1S/C30H33BrN4O5S/c1-19-9-13-34-14-12-32-28(34)26(19)33(3)30(37)35(29-23(18-36)20(2)27(31)41-29)17-25(40-21-10-15-39-16-11-21)22-7-5-6-8-24(22)38-4/h5-9,12-14,18,21,25H,10-11,15-17H2,1-4H3. The van der Waals surface area contributed by atoms with Crippen LogP contribution in [-0.4, -0.2) is 61.7 Å². The van der Waals surface area contributed by atoms with Crippen LogP contribution in [0.3, 0.4) is 0 Å². The molecule has 3 aromatic heterocycles. The number of aryl methyl sites for hydroxylation is 1. The van der Waals surface area contributed by atoms with Crippen LogP contribution >= 0.6 is 27.3 Å². The van der Waals surface area contributed by atoms with Gasteiger partial charge < -0.3 is 18.6 Å². The van der Waals surface area contributed by atoms with Crippen LogP contribution in [-0.2, 0) is 9.47 Å². The van der Waals surface area contributed by atoms with Crippen LogP contribution in [0, 0.1) is 13.8 Å². The van der Waals surface area contributed by atoms with Gasteiger partial charge in [0.2, 0.25) is 0 Å². The molecule has 1 saturated heterocycles. The molecule has 2 amide bonds. The zero-order chi connectivity index (χ0) is 29.1. The number of anilines is 2. The summed E-state index contributed by atoms with van der Waals surface area (Å²) in [5.74, 6) is 0.669. The molecule has 5 rings (SSSR count). The van der Waals surface area contributed by atoms with Crippen LogP contribution in [0.15, 0.2) is 52.7 Å². The third kappa shape index (κ3) is 5.90. The minimum atomic E-state index is -0.532. The third-order valence-corrected chi connectivity index (χ3v) is 9.63. The lowest BCUT2D eigenvalue weighted by molar-refractivity contribution is -0.0670. The van der Waals surface area contributed by atoms with E-state index in [1.165, 1.54) is 11.3 Å². The van der Waals surface area contributed by atoms with Gasteiger partial charge >= 0.3 is 6.03 Å². The first kappa shape index (κ1) is 29.2. The maximum absolute atomic E-state index is 14.5. The van der Waals surface area contributed by atoms with Gasteiger partial charge in [0.25, 0.3) is 0 Å². The summed E-state index contributed by atoms with van der Waals surface area (Å²) in [5.41, 5.74) is 4.33. The first-order valence-corrected chi connectivity index (χ1v) is 15.0. The number of ether oxygens (including phenoxy) is 3. The Morgan fingerprint density at radius 1 is 1.24 bits per heavy atom. The number of hydrogen-bond donors (Lipinski definition) is 0. The number of urea groups is 1. The lowest BCUT2D eigenvalue weighted by atomic mass is 10.1. The maximum Gasteiger partial charge on any atom is 0.329 e. The van der Waals surface area contributed by atoms with Gasteiger partial charge in [0.1, 0.15) is 16.9 Å². The summed E-state index contributed by atoms with van der Waals surface area (Å²) in [4.78, 5) is 34.7. The topological polar surface area (TPSA) is 85.6 Å². The molecule has 0 saturated carbocycles. The van der Waals surface area contributed by atoms with E-state index in [2.05, 4.69) is 20.9 Å². The lowest BCUT2D eigenvalue weighted by Gasteiger charge is -2.34. The number of benzene rings is 1. The number of carbonyl (C=O) groups excluding carboxylic acids is 2. The Bertz CT molecular complexity index is 1550. The maximum atomic E-state index is 14.5. The molecule has 0 bridgehead atoms. The molecule has 1 unspecified atom stereocenters. The molecule has 4 aromatic rings. The summed E-state index contributed by atoms with van der Waals surface area (Å²) >= 11 is 4.94. The first-order valence-electron chi connectivity index (χ1n) is 13.4. The molecule has 1 aromatic carbocycles. The summed E-state index contributed by atoms with van der Waals surface area (Å²) in [6.45, 7) is 5.21. The van der Waals surface area contributed by atoms with Gasteiger partial charge in [0.15, 0.2) is 11.9 Å². The molecule has 9 nitrogen and oxygen atoms in total. The van der Waals surface area contributed by atoms with Gasteiger partial charge in [0, 0.05) is 44.4 Å². The van der Waals surface area contributed by atoms with Crippen molar-refractivity contribution in [2.24, 2.45) is 0 Å². The van der Waals surface area contributed by atoms with E-state index in [1.807, 2.05) is 61.0 Å². The fraction of sp³-hybridized carbons (Fsp3) is 0.367. The van der Waals surface area contributed by atoms with Crippen LogP contribution in [0.1, 0.15) is 46.0 Å². The Kier molecular flexibility index (Phi) is 9.08. The van der Waals surface area contributed by atoms with Crippen LogP contribution in [0.5, 0.6) is 5.75 Å². The van der Waals surface area contributed by atoms with E-state index in [0.29, 0.717) is 40.9 Å². The van der Waals surface area contributed by atoms with Crippen molar-refractivity contribution < 1.29 is 23.8 Å². The van der Waals surface area contributed by atoms with Gasteiger partial charge in [-0.1, -0.05) is 18.2 Å². The van der Waals surface area contributed by atoms with Crippen molar-refractivity contribution in [1.29, 1.82) is 0 Å². The number of methoxy groups -OCH3 is 1. The van der Waals surface area contributed by atoms with E-state index in [1.54, 1.807) is 30.2 Å². The van der Waals surface area contributed by atoms with Crippen molar-refractivity contribution >= 4 is 55.9 Å². The van der Waals surface area contributed by atoms with Gasteiger partial charge in [-0.15, -0.1) is 11.3 Å². The number of pyridine rings is 1. The fourth-order valence-electron chi connectivity index (χ4n) is 5.18. The number of fused-ring (bicyclic) bond motifs is 1. The number of amides is 2. The van der Waals surface area contributed by atoms with E-state index in [0.717, 1.165) is 39.6 Å². The van der Waals surface area contributed by atoms with Gasteiger partial charge in [0.05, 0.1) is 34.8 Å². The molecule has 0 N–H and O–H groups in total. The number of halogens is 1. The van der Waals surface area contributed by atoms with Crippen molar-refractivity contribution in [2.75, 3.05) is 43.7 Å².